The average molecular weight is 415 g/mol. The van der Waals surface area contributed by atoms with Gasteiger partial charge in [-0.1, -0.05) is 71.8 Å². The second-order valence-corrected chi connectivity index (χ2v) is 8.57. The van der Waals surface area contributed by atoms with E-state index in [1.165, 1.54) is 5.56 Å². The summed E-state index contributed by atoms with van der Waals surface area (Å²) in [4.78, 5) is 13.5. The highest BCUT2D eigenvalue weighted by Gasteiger charge is 2.39. The molecule has 3 aromatic rings. The second-order valence-electron chi connectivity index (χ2n) is 8.13. The molecule has 2 aliphatic rings. The normalized spacial score (nSPS) is 22.7. The summed E-state index contributed by atoms with van der Waals surface area (Å²) in [6.45, 7) is 2.08. The van der Waals surface area contributed by atoms with Gasteiger partial charge in [0.1, 0.15) is 5.78 Å². The van der Waals surface area contributed by atoms with Crippen molar-refractivity contribution in [3.63, 3.8) is 0 Å². The molecular formula is C26H23ClN2O. The summed E-state index contributed by atoms with van der Waals surface area (Å²) in [5, 5.41) is 7.92. The summed E-state index contributed by atoms with van der Waals surface area (Å²) in [7, 11) is 0. The van der Waals surface area contributed by atoms with Crippen molar-refractivity contribution in [1.82, 2.24) is 0 Å². The Morgan fingerprint density at radius 1 is 0.867 bits per heavy atom. The Morgan fingerprint density at radius 2 is 1.53 bits per heavy atom. The number of hydrogen-bond donors (Lipinski definition) is 2. The van der Waals surface area contributed by atoms with E-state index in [0.29, 0.717) is 11.4 Å². The molecule has 0 spiro atoms. The van der Waals surface area contributed by atoms with E-state index in [9.17, 15) is 4.79 Å². The van der Waals surface area contributed by atoms with Gasteiger partial charge in [0.15, 0.2) is 0 Å². The molecule has 5 rings (SSSR count). The Balaban J connectivity index is 1.61. The minimum atomic E-state index is -0.261. The zero-order valence-corrected chi connectivity index (χ0v) is 17.5. The number of allylic oxidation sites excluding steroid dienone is 1. The minimum Gasteiger partial charge on any atom is -0.375 e. The Kier molecular flexibility index (Phi) is 4.84. The van der Waals surface area contributed by atoms with Crippen LogP contribution < -0.4 is 10.6 Å². The number of benzene rings is 3. The van der Waals surface area contributed by atoms with Gasteiger partial charge in [-0.25, -0.2) is 0 Å². The van der Waals surface area contributed by atoms with Crippen LogP contribution in [0.2, 0.25) is 5.02 Å². The molecule has 4 heteroatoms. The lowest BCUT2D eigenvalue weighted by atomic mass is 9.76. The number of carbonyl (C=O) groups is 1. The lowest BCUT2D eigenvalue weighted by molar-refractivity contribution is -0.122. The molecule has 30 heavy (non-hydrogen) atoms. The molecule has 1 aliphatic heterocycles. The van der Waals surface area contributed by atoms with Gasteiger partial charge in [0.05, 0.1) is 23.3 Å². The number of aryl methyl sites for hydroxylation is 1. The number of anilines is 2. The molecule has 3 atom stereocenters. The number of Topliss-reactive ketones (excluding diaryl/α,β-unsaturated/α-hetero) is 1. The first-order chi connectivity index (χ1) is 14.6. The summed E-state index contributed by atoms with van der Waals surface area (Å²) < 4.78 is 0. The molecule has 0 unspecified atom stereocenters. The number of rotatable bonds is 2. The fourth-order valence-corrected chi connectivity index (χ4v) is 4.61. The van der Waals surface area contributed by atoms with Gasteiger partial charge in [0.25, 0.3) is 0 Å². The van der Waals surface area contributed by atoms with E-state index in [-0.39, 0.29) is 23.7 Å². The van der Waals surface area contributed by atoms with Gasteiger partial charge in [-0.05, 0) is 42.3 Å². The Bertz CT molecular complexity index is 1120. The smallest absolute Gasteiger partial charge is 0.145 e. The van der Waals surface area contributed by atoms with Crippen molar-refractivity contribution < 1.29 is 4.79 Å². The molecule has 0 saturated carbocycles. The van der Waals surface area contributed by atoms with Crippen LogP contribution in [0, 0.1) is 12.8 Å². The van der Waals surface area contributed by atoms with Crippen molar-refractivity contribution in [2.75, 3.05) is 10.6 Å². The molecule has 0 radical (unpaired) electrons. The van der Waals surface area contributed by atoms with Gasteiger partial charge in [0, 0.05) is 23.1 Å². The van der Waals surface area contributed by atoms with Crippen LogP contribution in [0.25, 0.3) is 0 Å². The maximum absolute atomic E-state index is 13.5. The number of nitrogens with one attached hydrogen (secondary N) is 2. The maximum Gasteiger partial charge on any atom is 0.145 e. The Morgan fingerprint density at radius 3 is 2.27 bits per heavy atom. The van der Waals surface area contributed by atoms with Crippen molar-refractivity contribution in [1.29, 1.82) is 0 Å². The second kappa shape index (κ2) is 7.66. The largest absolute Gasteiger partial charge is 0.375 e. The molecule has 2 N–H and O–H groups in total. The summed E-state index contributed by atoms with van der Waals surface area (Å²) in [5.74, 6) is 0.0203. The minimum absolute atomic E-state index is 0.0393. The molecule has 0 saturated heterocycles. The van der Waals surface area contributed by atoms with Crippen LogP contribution in [-0.2, 0) is 4.79 Å². The molecule has 1 aliphatic carbocycles. The van der Waals surface area contributed by atoms with E-state index >= 15 is 0 Å². The van der Waals surface area contributed by atoms with Crippen molar-refractivity contribution >= 4 is 28.8 Å². The number of ketones is 1. The van der Waals surface area contributed by atoms with Gasteiger partial charge >= 0.3 is 0 Å². The van der Waals surface area contributed by atoms with Crippen molar-refractivity contribution in [3.05, 3.63) is 106 Å². The molecule has 0 aromatic heterocycles. The fraction of sp³-hybridized carbons (Fsp3) is 0.192. The summed E-state index contributed by atoms with van der Waals surface area (Å²) >= 11 is 6.06. The van der Waals surface area contributed by atoms with Crippen molar-refractivity contribution in [3.8, 4) is 0 Å². The van der Waals surface area contributed by atoms with Crippen LogP contribution in [0.5, 0.6) is 0 Å². The van der Waals surface area contributed by atoms with E-state index < -0.39 is 0 Å². The Labute approximate surface area is 181 Å². The van der Waals surface area contributed by atoms with E-state index in [1.54, 1.807) is 0 Å². The molecule has 0 fully saturated rings. The molecule has 3 aromatic carbocycles. The van der Waals surface area contributed by atoms with Gasteiger partial charge in [-0.3, -0.25) is 4.79 Å². The topological polar surface area (TPSA) is 41.1 Å². The van der Waals surface area contributed by atoms with Crippen molar-refractivity contribution in [2.45, 2.75) is 25.3 Å². The van der Waals surface area contributed by atoms with Gasteiger partial charge in [0.2, 0.25) is 0 Å². The van der Waals surface area contributed by atoms with E-state index in [0.717, 1.165) is 28.2 Å². The van der Waals surface area contributed by atoms with Gasteiger partial charge < -0.3 is 10.6 Å². The number of halogens is 1. The van der Waals surface area contributed by atoms with Crippen LogP contribution in [0.3, 0.4) is 0 Å². The quantitative estimate of drug-likeness (QED) is 0.504. The first-order valence-corrected chi connectivity index (χ1v) is 10.7. The molecular weight excluding hydrogens is 392 g/mol. The predicted molar refractivity (Wildman–Crippen MR) is 123 cm³/mol. The molecule has 0 amide bonds. The maximum atomic E-state index is 13.5. The number of carbonyl (C=O) groups excluding carboxylic acids is 1. The highest BCUT2D eigenvalue weighted by Crippen LogP contribution is 2.44. The van der Waals surface area contributed by atoms with Crippen LogP contribution in [-0.4, -0.2) is 5.78 Å². The fourth-order valence-electron chi connectivity index (χ4n) is 4.48. The van der Waals surface area contributed by atoms with E-state index in [1.807, 2.05) is 42.5 Å². The van der Waals surface area contributed by atoms with Gasteiger partial charge in [-0.15, -0.1) is 0 Å². The van der Waals surface area contributed by atoms with Crippen LogP contribution in [0.1, 0.15) is 35.1 Å². The summed E-state index contributed by atoms with van der Waals surface area (Å²) in [6, 6.07) is 24.3. The summed E-state index contributed by atoms with van der Waals surface area (Å²) in [5.41, 5.74) is 6.40. The SMILES string of the molecule is Cc1ccc([C@H]2Nc3ccccc3NC3=C[C@@H](c4ccc(Cl)cc4)CC(=O)[C@H]32)cc1. The predicted octanol–water partition coefficient (Wildman–Crippen LogP) is 6.48. The lowest BCUT2D eigenvalue weighted by Crippen LogP contribution is -2.33. The molecule has 0 bridgehead atoms. The van der Waals surface area contributed by atoms with Crippen LogP contribution >= 0.6 is 11.6 Å². The summed E-state index contributed by atoms with van der Waals surface area (Å²) in [6.07, 6.45) is 2.71. The lowest BCUT2D eigenvalue weighted by Gasteiger charge is -2.32. The zero-order chi connectivity index (χ0) is 20.7. The van der Waals surface area contributed by atoms with Crippen molar-refractivity contribution in [2.24, 2.45) is 5.92 Å². The molecule has 1 heterocycles. The van der Waals surface area contributed by atoms with E-state index in [2.05, 4.69) is 54.0 Å². The number of para-hydroxylation sites is 2. The highest BCUT2D eigenvalue weighted by atomic mass is 35.5. The van der Waals surface area contributed by atoms with E-state index in [4.69, 9.17) is 11.6 Å². The molecule has 150 valence electrons. The Hall–Kier alpha value is -3.04. The number of fused-ring (bicyclic) bond motifs is 2. The average Bonchev–Trinajstić information content (AvgIpc) is 2.91. The third-order valence-electron chi connectivity index (χ3n) is 6.07. The third-order valence-corrected chi connectivity index (χ3v) is 6.32. The standard InChI is InChI=1S/C26H23ClN2O/c1-16-6-8-18(9-7-16)26-25-23(28-21-4-2-3-5-22(21)29-26)14-19(15-24(25)30)17-10-12-20(27)13-11-17/h2-14,19,25-26,28-29H,15H2,1H3/t19-,25+,26-/m1/s1. The number of hydrogen-bond acceptors (Lipinski definition) is 3. The van der Waals surface area contributed by atoms with Crippen LogP contribution in [0.15, 0.2) is 84.6 Å². The van der Waals surface area contributed by atoms with Gasteiger partial charge in [-0.2, -0.15) is 0 Å². The monoisotopic (exact) mass is 414 g/mol. The van der Waals surface area contributed by atoms with Crippen LogP contribution in [0.4, 0.5) is 11.4 Å². The zero-order valence-electron chi connectivity index (χ0n) is 16.7. The molecule has 3 nitrogen and oxygen atoms in total. The first kappa shape index (κ1) is 19.0. The first-order valence-electron chi connectivity index (χ1n) is 10.3. The highest BCUT2D eigenvalue weighted by molar-refractivity contribution is 6.30. The third kappa shape index (κ3) is 3.50.